The van der Waals surface area contributed by atoms with Crippen molar-refractivity contribution in [1.29, 1.82) is 0 Å². The molecule has 1 aromatic carbocycles. The fourth-order valence-corrected chi connectivity index (χ4v) is 2.47. The van der Waals surface area contributed by atoms with Crippen LogP contribution in [0.3, 0.4) is 0 Å². The minimum Gasteiger partial charge on any atom is -0.458 e. The van der Waals surface area contributed by atoms with E-state index < -0.39 is 0 Å². The lowest BCUT2D eigenvalue weighted by Gasteiger charge is -2.31. The van der Waals surface area contributed by atoms with Gasteiger partial charge in [-0.05, 0) is 18.9 Å². The summed E-state index contributed by atoms with van der Waals surface area (Å²) in [4.78, 5) is 6.84. The molecular formula is C13H16N2O. The van der Waals surface area contributed by atoms with Gasteiger partial charge in [-0.1, -0.05) is 18.2 Å². The molecule has 0 aromatic heterocycles. The van der Waals surface area contributed by atoms with Crippen molar-refractivity contribution in [2.45, 2.75) is 26.0 Å². The summed E-state index contributed by atoms with van der Waals surface area (Å²) in [5.41, 5.74) is 2.26. The summed E-state index contributed by atoms with van der Waals surface area (Å²) in [7, 11) is 0. The lowest BCUT2D eigenvalue weighted by molar-refractivity contribution is 0.0280. The molecule has 3 heteroatoms. The van der Waals surface area contributed by atoms with E-state index in [0.29, 0.717) is 0 Å². The maximum atomic E-state index is 5.87. The molecule has 3 nitrogen and oxygen atoms in total. The average molecular weight is 216 g/mol. The molecule has 3 rings (SSSR count). The average Bonchev–Trinajstić information content (AvgIpc) is 2.81. The van der Waals surface area contributed by atoms with E-state index in [4.69, 9.17) is 4.74 Å². The Morgan fingerprint density at radius 3 is 2.81 bits per heavy atom. The van der Waals surface area contributed by atoms with Gasteiger partial charge in [0.25, 0.3) is 0 Å². The van der Waals surface area contributed by atoms with Gasteiger partial charge in [0.05, 0.1) is 5.69 Å². The van der Waals surface area contributed by atoms with Gasteiger partial charge in [-0.3, -0.25) is 4.90 Å². The Labute approximate surface area is 95.7 Å². The standard InChI is InChI=1S/C13H16N2O/c1-10-14-12-7-3-2-6-11(12)13(16-10)15-8-4-5-9-15/h2-3,6-7,13H,4-5,8-9H2,1H3. The minimum absolute atomic E-state index is 0.0798. The van der Waals surface area contributed by atoms with E-state index >= 15 is 0 Å². The number of fused-ring (bicyclic) bond motifs is 1. The summed E-state index contributed by atoms with van der Waals surface area (Å²) in [6.45, 7) is 4.19. The number of benzene rings is 1. The van der Waals surface area contributed by atoms with Crippen LogP contribution in [0.1, 0.15) is 31.6 Å². The van der Waals surface area contributed by atoms with Crippen LogP contribution >= 0.6 is 0 Å². The molecule has 84 valence electrons. The number of rotatable bonds is 1. The van der Waals surface area contributed by atoms with Gasteiger partial charge in [0.15, 0.2) is 12.1 Å². The molecule has 1 atom stereocenters. The van der Waals surface area contributed by atoms with Crippen LogP contribution in [0.2, 0.25) is 0 Å². The first-order chi connectivity index (χ1) is 7.84. The highest BCUT2D eigenvalue weighted by Crippen LogP contribution is 2.36. The Kier molecular flexibility index (Phi) is 2.40. The highest BCUT2D eigenvalue weighted by Gasteiger charge is 2.29. The molecule has 1 fully saturated rings. The Balaban J connectivity index is 1.98. The fraction of sp³-hybridized carbons (Fsp3) is 0.462. The van der Waals surface area contributed by atoms with Gasteiger partial charge in [0.2, 0.25) is 0 Å². The summed E-state index contributed by atoms with van der Waals surface area (Å²) in [5, 5.41) is 0. The van der Waals surface area contributed by atoms with E-state index in [-0.39, 0.29) is 6.23 Å². The van der Waals surface area contributed by atoms with Crippen molar-refractivity contribution in [3.05, 3.63) is 29.8 Å². The largest absolute Gasteiger partial charge is 0.458 e. The third kappa shape index (κ3) is 1.61. The molecule has 2 heterocycles. The Hall–Kier alpha value is -1.35. The maximum absolute atomic E-state index is 5.87. The quantitative estimate of drug-likeness (QED) is 0.721. The smallest absolute Gasteiger partial charge is 0.187 e. The molecule has 16 heavy (non-hydrogen) atoms. The van der Waals surface area contributed by atoms with Crippen LogP contribution in [0.15, 0.2) is 29.3 Å². The van der Waals surface area contributed by atoms with Crippen molar-refractivity contribution in [1.82, 2.24) is 4.90 Å². The highest BCUT2D eigenvalue weighted by atomic mass is 16.5. The van der Waals surface area contributed by atoms with Crippen LogP contribution in [0.25, 0.3) is 0 Å². The first-order valence-electron chi connectivity index (χ1n) is 5.89. The fourth-order valence-electron chi connectivity index (χ4n) is 2.47. The van der Waals surface area contributed by atoms with Crippen molar-refractivity contribution >= 4 is 11.6 Å². The van der Waals surface area contributed by atoms with Crippen LogP contribution in [0.4, 0.5) is 5.69 Å². The molecule has 0 radical (unpaired) electrons. The number of aliphatic imine (C=N–C) groups is 1. The zero-order valence-electron chi connectivity index (χ0n) is 9.52. The first kappa shape index (κ1) is 9.85. The van der Waals surface area contributed by atoms with Gasteiger partial charge in [0, 0.05) is 25.6 Å². The molecule has 0 N–H and O–H groups in total. The van der Waals surface area contributed by atoms with Gasteiger partial charge in [-0.2, -0.15) is 0 Å². The van der Waals surface area contributed by atoms with E-state index in [2.05, 4.69) is 28.1 Å². The second-order valence-corrected chi connectivity index (χ2v) is 4.40. The molecule has 0 spiro atoms. The molecule has 0 aliphatic carbocycles. The summed E-state index contributed by atoms with van der Waals surface area (Å²) in [5.74, 6) is 0.774. The van der Waals surface area contributed by atoms with Crippen molar-refractivity contribution in [2.75, 3.05) is 13.1 Å². The summed E-state index contributed by atoms with van der Waals surface area (Å²) in [6.07, 6.45) is 2.63. The Morgan fingerprint density at radius 1 is 1.25 bits per heavy atom. The SMILES string of the molecule is CC1=Nc2ccccc2C(N2CCCC2)O1. The Morgan fingerprint density at radius 2 is 2.00 bits per heavy atom. The predicted molar refractivity (Wildman–Crippen MR) is 63.8 cm³/mol. The number of para-hydroxylation sites is 1. The maximum Gasteiger partial charge on any atom is 0.187 e. The monoisotopic (exact) mass is 216 g/mol. The van der Waals surface area contributed by atoms with Crippen molar-refractivity contribution in [3.8, 4) is 0 Å². The summed E-state index contributed by atoms with van der Waals surface area (Å²) < 4.78 is 5.87. The third-order valence-electron chi connectivity index (χ3n) is 3.24. The molecule has 2 aliphatic heterocycles. The highest BCUT2D eigenvalue weighted by molar-refractivity contribution is 5.79. The predicted octanol–water partition coefficient (Wildman–Crippen LogP) is 2.86. The normalized spacial score (nSPS) is 24.8. The lowest BCUT2D eigenvalue weighted by atomic mass is 10.1. The third-order valence-corrected chi connectivity index (χ3v) is 3.24. The molecule has 1 unspecified atom stereocenters. The number of hydrogen-bond acceptors (Lipinski definition) is 3. The zero-order valence-corrected chi connectivity index (χ0v) is 9.52. The molecular weight excluding hydrogens is 200 g/mol. The van der Waals surface area contributed by atoms with Crippen LogP contribution in [-0.4, -0.2) is 23.9 Å². The molecule has 1 saturated heterocycles. The van der Waals surface area contributed by atoms with Crippen molar-refractivity contribution in [3.63, 3.8) is 0 Å². The number of likely N-dealkylation sites (tertiary alicyclic amines) is 1. The topological polar surface area (TPSA) is 24.8 Å². The zero-order chi connectivity index (χ0) is 11.0. The molecule has 0 saturated carbocycles. The van der Waals surface area contributed by atoms with Crippen LogP contribution < -0.4 is 0 Å². The summed E-state index contributed by atoms with van der Waals surface area (Å²) >= 11 is 0. The van der Waals surface area contributed by atoms with E-state index in [1.165, 1.54) is 18.4 Å². The van der Waals surface area contributed by atoms with E-state index in [1.807, 2.05) is 13.0 Å². The first-order valence-corrected chi connectivity index (χ1v) is 5.89. The molecule has 0 amide bonds. The summed E-state index contributed by atoms with van der Waals surface area (Å²) in [6, 6.07) is 8.27. The van der Waals surface area contributed by atoms with Gasteiger partial charge < -0.3 is 4.74 Å². The van der Waals surface area contributed by atoms with Crippen molar-refractivity contribution in [2.24, 2.45) is 4.99 Å². The lowest BCUT2D eigenvalue weighted by Crippen LogP contribution is -2.30. The van der Waals surface area contributed by atoms with E-state index in [0.717, 1.165) is 24.7 Å². The number of nitrogens with zero attached hydrogens (tertiary/aromatic N) is 2. The van der Waals surface area contributed by atoms with Crippen LogP contribution in [-0.2, 0) is 4.74 Å². The van der Waals surface area contributed by atoms with E-state index in [1.54, 1.807) is 0 Å². The van der Waals surface area contributed by atoms with Gasteiger partial charge in [-0.15, -0.1) is 0 Å². The number of hydrogen-bond donors (Lipinski definition) is 0. The minimum atomic E-state index is 0.0798. The van der Waals surface area contributed by atoms with Crippen molar-refractivity contribution < 1.29 is 4.74 Å². The van der Waals surface area contributed by atoms with Gasteiger partial charge >= 0.3 is 0 Å². The van der Waals surface area contributed by atoms with Crippen LogP contribution in [0, 0.1) is 0 Å². The van der Waals surface area contributed by atoms with Crippen LogP contribution in [0.5, 0.6) is 0 Å². The van der Waals surface area contributed by atoms with Gasteiger partial charge in [-0.25, -0.2) is 4.99 Å². The van der Waals surface area contributed by atoms with E-state index in [9.17, 15) is 0 Å². The van der Waals surface area contributed by atoms with Gasteiger partial charge in [0.1, 0.15) is 0 Å². The second kappa shape index (κ2) is 3.91. The second-order valence-electron chi connectivity index (χ2n) is 4.40. The number of ether oxygens (including phenoxy) is 1. The Bertz CT molecular complexity index is 422. The molecule has 0 bridgehead atoms. The molecule has 1 aromatic rings. The molecule has 2 aliphatic rings.